The average Bonchev–Trinajstić information content (AvgIpc) is 2.91. The summed E-state index contributed by atoms with van der Waals surface area (Å²) in [5.41, 5.74) is 0.502. The van der Waals surface area contributed by atoms with Crippen molar-refractivity contribution in [2.24, 2.45) is 0 Å². The molecule has 108 valence electrons. The number of esters is 1. The highest BCUT2D eigenvalue weighted by Crippen LogP contribution is 2.30. The van der Waals surface area contributed by atoms with Crippen molar-refractivity contribution in [1.82, 2.24) is 5.32 Å². The van der Waals surface area contributed by atoms with E-state index in [1.54, 1.807) is 6.07 Å². The third kappa shape index (κ3) is 2.78. The number of carbonyl (C=O) groups is 2. The normalized spacial score (nSPS) is 21.6. The van der Waals surface area contributed by atoms with E-state index >= 15 is 0 Å². The lowest BCUT2D eigenvalue weighted by Crippen LogP contribution is -2.33. The fourth-order valence-electron chi connectivity index (χ4n) is 2.27. The van der Waals surface area contributed by atoms with E-state index in [4.69, 9.17) is 9.47 Å². The predicted molar refractivity (Wildman–Crippen MR) is 74.1 cm³/mol. The van der Waals surface area contributed by atoms with Crippen LogP contribution in [0.15, 0.2) is 6.07 Å². The van der Waals surface area contributed by atoms with Gasteiger partial charge in [0.15, 0.2) is 0 Å². The van der Waals surface area contributed by atoms with Crippen molar-refractivity contribution < 1.29 is 19.1 Å². The topological polar surface area (TPSA) is 76.7 Å². The number of hydrogen-bond acceptors (Lipinski definition) is 6. The lowest BCUT2D eigenvalue weighted by Gasteiger charge is -2.21. The summed E-state index contributed by atoms with van der Waals surface area (Å²) in [6, 6.07) is 1.57. The average molecular weight is 296 g/mol. The van der Waals surface area contributed by atoms with E-state index in [1.165, 1.54) is 11.3 Å². The molecular weight excluding hydrogens is 280 g/mol. The Labute approximate surface area is 120 Å². The standard InChI is InChI=1S/C13H16N2O4S/c16-11-9-5-10(20-12(9)15-7-14-11)13(17)19-6-8-3-1-2-4-18-8/h5,8,15H,1-4,6-7H2,(H,14,16). The molecule has 0 bridgehead atoms. The van der Waals surface area contributed by atoms with Crippen molar-refractivity contribution in [3.05, 3.63) is 16.5 Å². The maximum Gasteiger partial charge on any atom is 0.348 e. The summed E-state index contributed by atoms with van der Waals surface area (Å²) in [5, 5.41) is 6.40. The minimum absolute atomic E-state index is 0.00344. The highest BCUT2D eigenvalue weighted by Gasteiger charge is 2.24. The van der Waals surface area contributed by atoms with Gasteiger partial charge in [0, 0.05) is 6.61 Å². The molecular formula is C13H16N2O4S. The second kappa shape index (κ2) is 5.80. The van der Waals surface area contributed by atoms with Gasteiger partial charge < -0.3 is 20.1 Å². The number of amides is 1. The van der Waals surface area contributed by atoms with Crippen LogP contribution in [0.5, 0.6) is 0 Å². The smallest absolute Gasteiger partial charge is 0.348 e. The fourth-order valence-corrected chi connectivity index (χ4v) is 3.22. The number of ether oxygens (including phenoxy) is 2. The molecule has 3 rings (SSSR count). The SMILES string of the molecule is O=C(OCC1CCCCO1)c1cc2c(s1)NCNC2=O. The van der Waals surface area contributed by atoms with Crippen LogP contribution in [0.4, 0.5) is 5.00 Å². The molecule has 0 radical (unpaired) electrons. The summed E-state index contributed by atoms with van der Waals surface area (Å²) >= 11 is 1.25. The molecule has 1 unspecified atom stereocenters. The van der Waals surface area contributed by atoms with E-state index in [2.05, 4.69) is 10.6 Å². The van der Waals surface area contributed by atoms with Crippen LogP contribution in [-0.4, -0.2) is 37.9 Å². The Morgan fingerprint density at radius 2 is 2.35 bits per heavy atom. The number of hydrogen-bond donors (Lipinski definition) is 2. The summed E-state index contributed by atoms with van der Waals surface area (Å²) in [6.45, 7) is 1.40. The van der Waals surface area contributed by atoms with Crippen molar-refractivity contribution in [3.63, 3.8) is 0 Å². The lowest BCUT2D eigenvalue weighted by molar-refractivity contribution is -0.0298. The number of nitrogens with one attached hydrogen (secondary N) is 2. The third-order valence-corrected chi connectivity index (χ3v) is 4.42. The molecule has 3 heterocycles. The molecule has 1 fully saturated rings. The number of fused-ring (bicyclic) bond motifs is 1. The molecule has 2 aliphatic heterocycles. The van der Waals surface area contributed by atoms with Gasteiger partial charge in [0.05, 0.1) is 18.3 Å². The fraction of sp³-hybridized carbons (Fsp3) is 0.538. The minimum Gasteiger partial charge on any atom is -0.459 e. The van der Waals surface area contributed by atoms with E-state index in [0.717, 1.165) is 30.9 Å². The van der Waals surface area contributed by atoms with Gasteiger partial charge in [-0.3, -0.25) is 4.79 Å². The number of carbonyl (C=O) groups excluding carboxylic acids is 2. The van der Waals surface area contributed by atoms with Gasteiger partial charge >= 0.3 is 5.97 Å². The molecule has 7 heteroatoms. The third-order valence-electron chi connectivity index (χ3n) is 3.35. The molecule has 1 atom stereocenters. The first-order valence-corrected chi connectivity index (χ1v) is 7.50. The molecule has 20 heavy (non-hydrogen) atoms. The van der Waals surface area contributed by atoms with Crippen molar-refractivity contribution >= 4 is 28.2 Å². The van der Waals surface area contributed by atoms with Gasteiger partial charge in [-0.2, -0.15) is 0 Å². The second-order valence-corrected chi connectivity index (χ2v) is 5.85. The number of thiophene rings is 1. The van der Waals surface area contributed by atoms with Gasteiger partial charge in [-0.25, -0.2) is 4.79 Å². The monoisotopic (exact) mass is 296 g/mol. The predicted octanol–water partition coefficient (Wildman–Crippen LogP) is 1.59. The largest absolute Gasteiger partial charge is 0.459 e. The molecule has 6 nitrogen and oxygen atoms in total. The van der Waals surface area contributed by atoms with Gasteiger partial charge in [0.25, 0.3) is 5.91 Å². The molecule has 1 amide bonds. The van der Waals surface area contributed by atoms with Crippen LogP contribution in [0.1, 0.15) is 39.3 Å². The molecule has 0 saturated carbocycles. The lowest BCUT2D eigenvalue weighted by atomic mass is 10.1. The Hall–Kier alpha value is -1.60. The Balaban J connectivity index is 1.61. The zero-order chi connectivity index (χ0) is 13.9. The summed E-state index contributed by atoms with van der Waals surface area (Å²) in [7, 11) is 0. The van der Waals surface area contributed by atoms with E-state index in [9.17, 15) is 9.59 Å². The molecule has 1 aromatic rings. The second-order valence-electron chi connectivity index (χ2n) is 4.80. The maximum atomic E-state index is 12.0. The molecule has 1 aromatic heterocycles. The van der Waals surface area contributed by atoms with Crippen LogP contribution in [-0.2, 0) is 9.47 Å². The minimum atomic E-state index is -0.395. The van der Waals surface area contributed by atoms with Crippen molar-refractivity contribution in [2.45, 2.75) is 25.4 Å². The summed E-state index contributed by atoms with van der Waals surface area (Å²) in [6.07, 6.45) is 3.12. The van der Waals surface area contributed by atoms with Crippen LogP contribution >= 0.6 is 11.3 Å². The zero-order valence-corrected chi connectivity index (χ0v) is 11.8. The first-order valence-electron chi connectivity index (χ1n) is 6.68. The van der Waals surface area contributed by atoms with Crippen molar-refractivity contribution in [1.29, 1.82) is 0 Å². The maximum absolute atomic E-state index is 12.0. The molecule has 0 aromatic carbocycles. The van der Waals surface area contributed by atoms with Gasteiger partial charge in [0.2, 0.25) is 0 Å². The van der Waals surface area contributed by atoms with Crippen molar-refractivity contribution in [3.8, 4) is 0 Å². The van der Waals surface area contributed by atoms with E-state index in [1.807, 2.05) is 0 Å². The quantitative estimate of drug-likeness (QED) is 0.828. The molecule has 2 N–H and O–H groups in total. The van der Waals surface area contributed by atoms with Crippen LogP contribution in [0.25, 0.3) is 0 Å². The van der Waals surface area contributed by atoms with Gasteiger partial charge in [-0.05, 0) is 25.3 Å². The molecule has 0 aliphatic carbocycles. The molecule has 1 saturated heterocycles. The Morgan fingerprint density at radius 1 is 1.45 bits per heavy atom. The highest BCUT2D eigenvalue weighted by atomic mass is 32.1. The zero-order valence-electron chi connectivity index (χ0n) is 10.9. The van der Waals surface area contributed by atoms with Gasteiger partial charge in [-0.15, -0.1) is 11.3 Å². The number of rotatable bonds is 3. The molecule has 2 aliphatic rings. The van der Waals surface area contributed by atoms with E-state index < -0.39 is 5.97 Å². The van der Waals surface area contributed by atoms with Crippen LogP contribution in [0, 0.1) is 0 Å². The summed E-state index contributed by atoms with van der Waals surface area (Å²) in [5.74, 6) is -0.558. The number of anilines is 1. The summed E-state index contributed by atoms with van der Waals surface area (Å²) in [4.78, 5) is 24.0. The van der Waals surface area contributed by atoms with Crippen LogP contribution in [0.3, 0.4) is 0 Å². The Kier molecular flexibility index (Phi) is 3.88. The van der Waals surface area contributed by atoms with E-state index in [0.29, 0.717) is 17.1 Å². The van der Waals surface area contributed by atoms with Crippen LogP contribution in [0.2, 0.25) is 0 Å². The first kappa shape index (κ1) is 13.4. The first-order chi connectivity index (χ1) is 9.74. The van der Waals surface area contributed by atoms with Gasteiger partial charge in [0.1, 0.15) is 16.5 Å². The Bertz CT molecular complexity index is 522. The summed E-state index contributed by atoms with van der Waals surface area (Å²) < 4.78 is 10.8. The Morgan fingerprint density at radius 3 is 3.10 bits per heavy atom. The van der Waals surface area contributed by atoms with Crippen LogP contribution < -0.4 is 10.6 Å². The highest BCUT2D eigenvalue weighted by molar-refractivity contribution is 7.18. The van der Waals surface area contributed by atoms with Crippen molar-refractivity contribution in [2.75, 3.05) is 25.2 Å². The van der Waals surface area contributed by atoms with E-state index in [-0.39, 0.29) is 18.6 Å². The molecule has 0 spiro atoms. The van der Waals surface area contributed by atoms with Gasteiger partial charge in [-0.1, -0.05) is 0 Å².